The highest BCUT2D eigenvalue weighted by atomic mass is 35.5. The molecular formula is C17H17ClFNO4. The van der Waals surface area contributed by atoms with Gasteiger partial charge >= 0.3 is 0 Å². The van der Waals surface area contributed by atoms with Gasteiger partial charge in [-0.15, -0.1) is 0 Å². The highest BCUT2D eigenvalue weighted by Gasteiger charge is 2.19. The van der Waals surface area contributed by atoms with Crippen molar-refractivity contribution in [3.63, 3.8) is 0 Å². The first-order valence-corrected chi connectivity index (χ1v) is 7.47. The monoisotopic (exact) mass is 353 g/mol. The first-order valence-electron chi connectivity index (χ1n) is 7.09. The lowest BCUT2D eigenvalue weighted by atomic mass is 10.2. The average molecular weight is 354 g/mol. The van der Waals surface area contributed by atoms with Crippen molar-refractivity contribution in [1.82, 2.24) is 0 Å². The largest absolute Gasteiger partial charge is 0.495 e. The Kier molecular flexibility index (Phi) is 5.87. The van der Waals surface area contributed by atoms with Gasteiger partial charge in [-0.1, -0.05) is 23.7 Å². The highest BCUT2D eigenvalue weighted by molar-refractivity contribution is 6.32. The maximum absolute atomic E-state index is 13.6. The first kappa shape index (κ1) is 17.9. The number of amides is 1. The van der Waals surface area contributed by atoms with Gasteiger partial charge in [-0.3, -0.25) is 4.79 Å². The minimum absolute atomic E-state index is 0.000113. The Hall–Kier alpha value is -2.47. The van der Waals surface area contributed by atoms with E-state index in [4.69, 9.17) is 25.8 Å². The summed E-state index contributed by atoms with van der Waals surface area (Å²) < 4.78 is 29.2. The fourth-order valence-electron chi connectivity index (χ4n) is 1.98. The minimum Gasteiger partial charge on any atom is -0.495 e. The third kappa shape index (κ3) is 4.08. The number of ether oxygens (including phenoxy) is 3. The molecule has 2 rings (SSSR count). The Bertz CT molecular complexity index is 739. The van der Waals surface area contributed by atoms with Crippen molar-refractivity contribution in [2.75, 3.05) is 19.5 Å². The topological polar surface area (TPSA) is 56.8 Å². The van der Waals surface area contributed by atoms with E-state index in [1.54, 1.807) is 12.1 Å². The molecule has 0 aliphatic carbocycles. The number of hydrogen-bond acceptors (Lipinski definition) is 4. The lowest BCUT2D eigenvalue weighted by Crippen LogP contribution is -2.30. The van der Waals surface area contributed by atoms with Crippen LogP contribution in [0.5, 0.6) is 17.2 Å². The SMILES string of the molecule is COc1cc(OC)c(NC(=O)[C@@H](C)Oc2ccccc2F)cc1Cl. The normalized spacial score (nSPS) is 11.5. The van der Waals surface area contributed by atoms with Crippen molar-refractivity contribution in [1.29, 1.82) is 0 Å². The van der Waals surface area contributed by atoms with Crippen molar-refractivity contribution in [3.8, 4) is 17.2 Å². The van der Waals surface area contributed by atoms with Crippen molar-refractivity contribution < 1.29 is 23.4 Å². The molecule has 0 heterocycles. The quantitative estimate of drug-likeness (QED) is 0.855. The number of rotatable bonds is 6. The van der Waals surface area contributed by atoms with Crippen LogP contribution in [0.15, 0.2) is 36.4 Å². The van der Waals surface area contributed by atoms with Crippen LogP contribution in [-0.4, -0.2) is 26.2 Å². The molecule has 0 bridgehead atoms. The molecule has 0 saturated heterocycles. The van der Waals surface area contributed by atoms with Crippen LogP contribution in [-0.2, 0) is 4.79 Å². The second-order valence-corrected chi connectivity index (χ2v) is 5.27. The second-order valence-electron chi connectivity index (χ2n) is 4.87. The number of carbonyl (C=O) groups excluding carboxylic acids is 1. The number of benzene rings is 2. The van der Waals surface area contributed by atoms with Crippen LogP contribution in [0.25, 0.3) is 0 Å². The summed E-state index contributed by atoms with van der Waals surface area (Å²) in [6.07, 6.45) is -0.924. The Labute approximate surface area is 144 Å². The lowest BCUT2D eigenvalue weighted by Gasteiger charge is -2.17. The van der Waals surface area contributed by atoms with Gasteiger partial charge in [-0.25, -0.2) is 4.39 Å². The van der Waals surface area contributed by atoms with Crippen molar-refractivity contribution >= 4 is 23.2 Å². The molecule has 128 valence electrons. The second kappa shape index (κ2) is 7.88. The molecule has 24 heavy (non-hydrogen) atoms. The number of halogens is 2. The van der Waals surface area contributed by atoms with Gasteiger partial charge < -0.3 is 19.5 Å². The molecule has 0 fully saturated rings. The Morgan fingerprint density at radius 3 is 2.42 bits per heavy atom. The third-order valence-electron chi connectivity index (χ3n) is 3.24. The summed E-state index contributed by atoms with van der Waals surface area (Å²) in [7, 11) is 2.93. The molecule has 7 heteroatoms. The summed E-state index contributed by atoms with van der Waals surface area (Å²) in [6.45, 7) is 1.51. The van der Waals surface area contributed by atoms with Crippen LogP contribution in [0.1, 0.15) is 6.92 Å². The number of methoxy groups -OCH3 is 2. The van der Waals surface area contributed by atoms with Gasteiger partial charge in [0.15, 0.2) is 17.7 Å². The van der Waals surface area contributed by atoms with Crippen LogP contribution in [0.3, 0.4) is 0 Å². The molecule has 0 radical (unpaired) electrons. The number of anilines is 1. The molecule has 5 nitrogen and oxygen atoms in total. The van der Waals surface area contributed by atoms with E-state index in [0.29, 0.717) is 22.2 Å². The lowest BCUT2D eigenvalue weighted by molar-refractivity contribution is -0.122. The fraction of sp³-hybridized carbons (Fsp3) is 0.235. The zero-order chi connectivity index (χ0) is 17.7. The Balaban J connectivity index is 2.14. The van der Waals surface area contributed by atoms with E-state index >= 15 is 0 Å². The van der Waals surface area contributed by atoms with Crippen LogP contribution in [0.4, 0.5) is 10.1 Å². The maximum Gasteiger partial charge on any atom is 0.265 e. The van der Waals surface area contributed by atoms with E-state index in [-0.39, 0.29) is 5.75 Å². The Morgan fingerprint density at radius 1 is 1.12 bits per heavy atom. The van der Waals surface area contributed by atoms with E-state index in [1.807, 2.05) is 0 Å². The zero-order valence-electron chi connectivity index (χ0n) is 13.4. The van der Waals surface area contributed by atoms with Gasteiger partial charge in [-0.2, -0.15) is 0 Å². The van der Waals surface area contributed by atoms with Crippen molar-refractivity contribution in [2.24, 2.45) is 0 Å². The molecule has 2 aromatic rings. The van der Waals surface area contributed by atoms with E-state index in [1.165, 1.54) is 45.4 Å². The Morgan fingerprint density at radius 2 is 1.79 bits per heavy atom. The van der Waals surface area contributed by atoms with Crippen LogP contribution in [0.2, 0.25) is 5.02 Å². The number of carbonyl (C=O) groups is 1. The summed E-state index contributed by atoms with van der Waals surface area (Å²) in [5, 5.41) is 2.96. The van der Waals surface area contributed by atoms with Crippen molar-refractivity contribution in [2.45, 2.75) is 13.0 Å². The van der Waals surface area contributed by atoms with Crippen LogP contribution >= 0.6 is 11.6 Å². The summed E-state index contributed by atoms with van der Waals surface area (Å²) >= 11 is 6.06. The smallest absolute Gasteiger partial charge is 0.265 e. The maximum atomic E-state index is 13.6. The van der Waals surface area contributed by atoms with Crippen molar-refractivity contribution in [3.05, 3.63) is 47.2 Å². The van der Waals surface area contributed by atoms with Gasteiger partial charge in [0.1, 0.15) is 11.5 Å². The van der Waals surface area contributed by atoms with E-state index in [0.717, 1.165) is 0 Å². The minimum atomic E-state index is -0.924. The van der Waals surface area contributed by atoms with Gasteiger partial charge in [0.25, 0.3) is 5.91 Å². The zero-order valence-corrected chi connectivity index (χ0v) is 14.2. The molecule has 0 aromatic heterocycles. The third-order valence-corrected chi connectivity index (χ3v) is 3.54. The molecule has 2 aromatic carbocycles. The molecule has 0 aliphatic heterocycles. The standard InChI is InChI=1S/C17H17ClFNO4/c1-10(24-14-7-5-4-6-12(14)19)17(21)20-13-8-11(18)15(22-2)9-16(13)23-3/h4-10H,1-3H3,(H,20,21)/t10-/m1/s1. The predicted molar refractivity (Wildman–Crippen MR) is 89.7 cm³/mol. The van der Waals surface area contributed by atoms with E-state index in [9.17, 15) is 9.18 Å². The highest BCUT2D eigenvalue weighted by Crippen LogP contribution is 2.36. The van der Waals surface area contributed by atoms with E-state index in [2.05, 4.69) is 5.32 Å². The summed E-state index contributed by atoms with van der Waals surface area (Å²) in [5.41, 5.74) is 0.359. The molecule has 0 saturated carbocycles. The van der Waals surface area contributed by atoms with E-state index < -0.39 is 17.8 Å². The fourth-order valence-corrected chi connectivity index (χ4v) is 2.22. The van der Waals surface area contributed by atoms with Gasteiger partial charge in [0.2, 0.25) is 0 Å². The van der Waals surface area contributed by atoms with Crippen LogP contribution in [0, 0.1) is 5.82 Å². The molecule has 1 atom stereocenters. The molecule has 1 N–H and O–H groups in total. The summed E-state index contributed by atoms with van der Waals surface area (Å²) in [5.74, 6) is -0.218. The molecule has 0 aliphatic rings. The van der Waals surface area contributed by atoms with Gasteiger partial charge in [0, 0.05) is 6.07 Å². The van der Waals surface area contributed by atoms with Gasteiger partial charge in [0.05, 0.1) is 24.9 Å². The summed E-state index contributed by atoms with van der Waals surface area (Å²) in [6, 6.07) is 8.93. The molecular weight excluding hydrogens is 337 g/mol. The summed E-state index contributed by atoms with van der Waals surface area (Å²) in [4.78, 5) is 12.3. The first-order chi connectivity index (χ1) is 11.5. The average Bonchev–Trinajstić information content (AvgIpc) is 2.57. The van der Waals surface area contributed by atoms with Gasteiger partial charge in [-0.05, 0) is 25.1 Å². The number of hydrogen-bond donors (Lipinski definition) is 1. The number of para-hydroxylation sites is 1. The number of nitrogens with one attached hydrogen (secondary N) is 1. The van der Waals surface area contributed by atoms with Crippen LogP contribution < -0.4 is 19.5 Å². The predicted octanol–water partition coefficient (Wildman–Crippen LogP) is 3.90. The molecule has 0 unspecified atom stereocenters. The molecule has 0 spiro atoms. The molecule has 1 amide bonds.